The predicted molar refractivity (Wildman–Crippen MR) is 62.6 cm³/mol. The minimum Gasteiger partial charge on any atom is -0.314 e. The zero-order chi connectivity index (χ0) is 10.4. The van der Waals surface area contributed by atoms with Gasteiger partial charge in [0, 0.05) is 26.2 Å². The molecule has 1 heterocycles. The molecule has 1 aliphatic rings. The van der Waals surface area contributed by atoms with Gasteiger partial charge in [-0.15, -0.1) is 0 Å². The molecule has 2 nitrogen and oxygen atoms in total. The van der Waals surface area contributed by atoms with Crippen molar-refractivity contribution >= 4 is 0 Å². The molecule has 0 aliphatic carbocycles. The summed E-state index contributed by atoms with van der Waals surface area (Å²) in [6, 6.07) is 0. The van der Waals surface area contributed by atoms with Crippen LogP contribution in [0.3, 0.4) is 0 Å². The topological polar surface area (TPSA) is 15.3 Å². The number of rotatable bonds is 5. The molecule has 0 amide bonds. The first-order valence-corrected chi connectivity index (χ1v) is 6.07. The zero-order valence-corrected chi connectivity index (χ0v) is 10.1. The lowest BCUT2D eigenvalue weighted by Gasteiger charge is -2.29. The third kappa shape index (κ3) is 4.43. The lowest BCUT2D eigenvalue weighted by Crippen LogP contribution is -2.43. The van der Waals surface area contributed by atoms with Crippen LogP contribution in [0.1, 0.15) is 40.0 Å². The monoisotopic (exact) mass is 198 g/mol. The Morgan fingerprint density at radius 2 is 1.86 bits per heavy atom. The van der Waals surface area contributed by atoms with Gasteiger partial charge in [0.2, 0.25) is 0 Å². The summed E-state index contributed by atoms with van der Waals surface area (Å²) in [5.74, 6) is 0. The summed E-state index contributed by atoms with van der Waals surface area (Å²) in [4.78, 5) is 2.59. The second kappa shape index (κ2) is 5.72. The van der Waals surface area contributed by atoms with Crippen LogP contribution in [0.5, 0.6) is 0 Å². The molecular formula is C12H26N2. The Bertz CT molecular complexity index is 148. The maximum Gasteiger partial charge on any atom is 0.0107 e. The molecule has 1 rings (SSSR count). The lowest BCUT2D eigenvalue weighted by molar-refractivity contribution is 0.216. The van der Waals surface area contributed by atoms with Crippen molar-refractivity contribution in [3.8, 4) is 0 Å². The van der Waals surface area contributed by atoms with E-state index in [1.165, 1.54) is 52.0 Å². The summed E-state index contributed by atoms with van der Waals surface area (Å²) in [7, 11) is 0. The van der Waals surface area contributed by atoms with E-state index in [9.17, 15) is 0 Å². The molecular weight excluding hydrogens is 172 g/mol. The molecule has 0 bridgehead atoms. The first kappa shape index (κ1) is 12.0. The van der Waals surface area contributed by atoms with Crippen molar-refractivity contribution in [2.45, 2.75) is 40.0 Å². The van der Waals surface area contributed by atoms with Crippen molar-refractivity contribution in [3.63, 3.8) is 0 Å². The third-order valence-corrected chi connectivity index (χ3v) is 3.49. The molecule has 0 radical (unpaired) electrons. The van der Waals surface area contributed by atoms with Gasteiger partial charge in [-0.1, -0.05) is 27.2 Å². The minimum atomic E-state index is 0.550. The molecule has 1 aliphatic heterocycles. The third-order valence-electron chi connectivity index (χ3n) is 3.49. The van der Waals surface area contributed by atoms with Gasteiger partial charge < -0.3 is 10.2 Å². The van der Waals surface area contributed by atoms with Crippen molar-refractivity contribution in [2.75, 3.05) is 32.7 Å². The lowest BCUT2D eigenvalue weighted by atomic mass is 9.85. The smallest absolute Gasteiger partial charge is 0.0107 e. The Labute approximate surface area is 89.1 Å². The molecule has 14 heavy (non-hydrogen) atoms. The van der Waals surface area contributed by atoms with Crippen LogP contribution < -0.4 is 5.32 Å². The molecule has 0 aromatic heterocycles. The first-order chi connectivity index (χ1) is 6.64. The molecule has 1 N–H and O–H groups in total. The second-order valence-corrected chi connectivity index (χ2v) is 5.21. The molecule has 1 fully saturated rings. The molecule has 0 aromatic carbocycles. The van der Waals surface area contributed by atoms with Crippen LogP contribution in [0.2, 0.25) is 0 Å². The van der Waals surface area contributed by atoms with Crippen LogP contribution in [0, 0.1) is 5.41 Å². The van der Waals surface area contributed by atoms with Crippen molar-refractivity contribution in [3.05, 3.63) is 0 Å². The van der Waals surface area contributed by atoms with E-state index in [1.54, 1.807) is 0 Å². The van der Waals surface area contributed by atoms with Crippen LogP contribution in [-0.4, -0.2) is 37.6 Å². The first-order valence-electron chi connectivity index (χ1n) is 6.07. The average molecular weight is 198 g/mol. The second-order valence-electron chi connectivity index (χ2n) is 5.21. The zero-order valence-electron chi connectivity index (χ0n) is 10.1. The maximum absolute atomic E-state index is 3.39. The summed E-state index contributed by atoms with van der Waals surface area (Å²) in [5.41, 5.74) is 0.550. The molecule has 0 aromatic rings. The van der Waals surface area contributed by atoms with Gasteiger partial charge in [0.05, 0.1) is 0 Å². The normalized spacial score (nSPS) is 19.9. The van der Waals surface area contributed by atoms with Crippen molar-refractivity contribution in [1.82, 2.24) is 10.2 Å². The molecule has 0 atom stereocenters. The highest BCUT2D eigenvalue weighted by molar-refractivity contribution is 4.70. The summed E-state index contributed by atoms with van der Waals surface area (Å²) >= 11 is 0. The van der Waals surface area contributed by atoms with E-state index in [0.29, 0.717) is 5.41 Å². The van der Waals surface area contributed by atoms with Crippen LogP contribution in [0.25, 0.3) is 0 Å². The van der Waals surface area contributed by atoms with Crippen molar-refractivity contribution in [2.24, 2.45) is 5.41 Å². The van der Waals surface area contributed by atoms with E-state index in [0.717, 1.165) is 0 Å². The van der Waals surface area contributed by atoms with Crippen LogP contribution in [-0.2, 0) is 0 Å². The van der Waals surface area contributed by atoms with Gasteiger partial charge in [-0.2, -0.15) is 0 Å². The number of piperazine rings is 1. The van der Waals surface area contributed by atoms with Gasteiger partial charge in [0.15, 0.2) is 0 Å². The minimum absolute atomic E-state index is 0.550. The van der Waals surface area contributed by atoms with Gasteiger partial charge in [-0.25, -0.2) is 0 Å². The summed E-state index contributed by atoms with van der Waals surface area (Å²) in [6.07, 6.45) is 4.03. The molecule has 0 unspecified atom stereocenters. The quantitative estimate of drug-likeness (QED) is 0.728. The molecule has 0 spiro atoms. The number of nitrogens with one attached hydrogen (secondary N) is 1. The van der Waals surface area contributed by atoms with Gasteiger partial charge in [-0.3, -0.25) is 0 Å². The van der Waals surface area contributed by atoms with Crippen LogP contribution in [0.4, 0.5) is 0 Å². The van der Waals surface area contributed by atoms with Crippen LogP contribution in [0.15, 0.2) is 0 Å². The van der Waals surface area contributed by atoms with Gasteiger partial charge in [-0.05, 0) is 24.8 Å². The fourth-order valence-corrected chi connectivity index (χ4v) is 1.89. The van der Waals surface area contributed by atoms with E-state index >= 15 is 0 Å². The van der Waals surface area contributed by atoms with Gasteiger partial charge >= 0.3 is 0 Å². The van der Waals surface area contributed by atoms with E-state index in [2.05, 4.69) is 31.0 Å². The molecule has 2 heteroatoms. The summed E-state index contributed by atoms with van der Waals surface area (Å²) in [6.45, 7) is 13.2. The Morgan fingerprint density at radius 1 is 1.21 bits per heavy atom. The Morgan fingerprint density at radius 3 is 2.43 bits per heavy atom. The van der Waals surface area contributed by atoms with Crippen LogP contribution >= 0.6 is 0 Å². The summed E-state index contributed by atoms with van der Waals surface area (Å²) < 4.78 is 0. The van der Waals surface area contributed by atoms with E-state index in [-0.39, 0.29) is 0 Å². The number of hydrogen-bond acceptors (Lipinski definition) is 2. The number of hydrogen-bond donors (Lipinski definition) is 1. The fraction of sp³-hybridized carbons (Fsp3) is 1.00. The standard InChI is InChI=1S/C12H26N2/c1-4-12(2,3)6-5-9-14-10-7-13-8-11-14/h13H,4-11H2,1-3H3. The highest BCUT2D eigenvalue weighted by Crippen LogP contribution is 2.25. The largest absolute Gasteiger partial charge is 0.314 e. The summed E-state index contributed by atoms with van der Waals surface area (Å²) in [5, 5.41) is 3.39. The molecule has 84 valence electrons. The predicted octanol–water partition coefficient (Wildman–Crippen LogP) is 2.11. The number of nitrogens with zero attached hydrogens (tertiary/aromatic N) is 1. The maximum atomic E-state index is 3.39. The molecule has 0 saturated carbocycles. The van der Waals surface area contributed by atoms with Crippen molar-refractivity contribution < 1.29 is 0 Å². The van der Waals surface area contributed by atoms with E-state index in [1.807, 2.05) is 0 Å². The Balaban J connectivity index is 2.08. The SMILES string of the molecule is CCC(C)(C)CCCN1CCNCC1. The van der Waals surface area contributed by atoms with E-state index in [4.69, 9.17) is 0 Å². The van der Waals surface area contributed by atoms with Gasteiger partial charge in [0.25, 0.3) is 0 Å². The average Bonchev–Trinajstić information content (AvgIpc) is 2.19. The van der Waals surface area contributed by atoms with Gasteiger partial charge in [0.1, 0.15) is 0 Å². The highest BCUT2D eigenvalue weighted by Gasteiger charge is 2.15. The Hall–Kier alpha value is -0.0800. The molecule has 1 saturated heterocycles. The van der Waals surface area contributed by atoms with E-state index < -0.39 is 0 Å². The Kier molecular flexibility index (Phi) is 4.90. The van der Waals surface area contributed by atoms with Crippen molar-refractivity contribution in [1.29, 1.82) is 0 Å². The fourth-order valence-electron chi connectivity index (χ4n) is 1.89. The highest BCUT2D eigenvalue weighted by atomic mass is 15.2.